The van der Waals surface area contributed by atoms with Gasteiger partial charge in [-0.1, -0.05) is 219 Å². The summed E-state index contributed by atoms with van der Waals surface area (Å²) in [6.07, 6.45) is -6.79. The first kappa shape index (κ1) is 100. The summed E-state index contributed by atoms with van der Waals surface area (Å²) in [5, 5.41) is 197. The largest absolute Gasteiger partial charge is 0.477 e. The molecule has 10 unspecified atom stereocenters. The van der Waals surface area contributed by atoms with Crippen molar-refractivity contribution in [2.45, 2.75) is 424 Å². The third-order valence-corrected chi connectivity index (χ3v) is 22.1. The first-order valence-corrected chi connectivity index (χ1v) is 42.1. The Kier molecular flexibility index (Phi) is 48.5. The van der Waals surface area contributed by atoms with Crippen LogP contribution in [0.4, 0.5) is 0 Å². The smallest absolute Gasteiger partial charge is 0.364 e. The van der Waals surface area contributed by atoms with Gasteiger partial charge in [-0.05, 0) is 19.3 Å². The highest BCUT2D eigenvalue weighted by Crippen LogP contribution is 2.40. The molecule has 5 aliphatic heterocycles. The van der Waals surface area contributed by atoms with Crippen molar-refractivity contribution in [2.24, 2.45) is 0 Å². The van der Waals surface area contributed by atoms with Crippen molar-refractivity contribution in [3.05, 3.63) is 12.2 Å². The van der Waals surface area contributed by atoms with Gasteiger partial charge in [-0.3, -0.25) is 14.4 Å². The second kappa shape index (κ2) is 54.7. The van der Waals surface area contributed by atoms with Gasteiger partial charge in [-0.15, -0.1) is 0 Å². The number of unbranched alkanes of at least 4 members (excludes halogenated alkanes) is 31. The Morgan fingerprint density at radius 2 is 0.858 bits per heavy atom. The quantitative estimate of drug-likeness (QED) is 0.0301. The molecule has 5 aliphatic rings. The normalized spacial score (nSPS) is 33.4. The number of carboxylic acids is 1. The van der Waals surface area contributed by atoms with Crippen LogP contribution in [0.1, 0.15) is 252 Å². The summed E-state index contributed by atoms with van der Waals surface area (Å²) in [7, 11) is 0. The number of amides is 3. The molecule has 5 heterocycles. The molecular weight excluding hydrogens is 1490 g/mol. The first-order chi connectivity index (χ1) is 54.3. The molecule has 28 atom stereocenters. The summed E-state index contributed by atoms with van der Waals surface area (Å²) in [4.78, 5) is 52.1. The molecule has 0 bridgehead atoms. The van der Waals surface area contributed by atoms with Crippen molar-refractivity contribution in [3.63, 3.8) is 0 Å². The maximum absolute atomic E-state index is 13.6. The van der Waals surface area contributed by atoms with E-state index >= 15 is 0 Å². The van der Waals surface area contributed by atoms with Crippen LogP contribution in [0.25, 0.3) is 0 Å². The van der Waals surface area contributed by atoms with Gasteiger partial charge in [0.15, 0.2) is 25.2 Å². The van der Waals surface area contributed by atoms with Crippen LogP contribution < -0.4 is 16.0 Å². The molecular formula is C79H143N3O31. The fourth-order valence-electron chi connectivity index (χ4n) is 15.4. The van der Waals surface area contributed by atoms with Gasteiger partial charge >= 0.3 is 5.97 Å². The Hall–Kier alpha value is -3.42. The van der Waals surface area contributed by atoms with Crippen molar-refractivity contribution < 1.29 is 153 Å². The van der Waals surface area contributed by atoms with Gasteiger partial charge in [0.05, 0.1) is 63.9 Å². The number of nitrogens with one attached hydrogen (secondary N) is 3. The molecule has 34 heteroatoms. The molecule has 5 fully saturated rings. The molecule has 113 heavy (non-hydrogen) atoms. The molecule has 0 saturated carbocycles. The van der Waals surface area contributed by atoms with Crippen molar-refractivity contribution in [2.75, 3.05) is 39.6 Å². The van der Waals surface area contributed by atoms with Crippen LogP contribution in [0.2, 0.25) is 0 Å². The standard InChI is InChI=1S/C79H143N3O31/c1-5-7-9-11-13-15-17-19-20-21-22-23-24-25-26-28-30-32-34-36-38-40-58(93)82-50(51(90)39-37-35-33-31-29-27-18-16-14-12-10-8-6-2)47-104-75-66(99)65(98)69(57(46-87)108-75)109-76-67(100)72(63(96)55(44-85)106-76)111-74-60(81-49(4)89)70(62(95)54(43-84)105-74)110-77-68(101)73(64(97)56(45-86)107-77)113-79(78(102)103)41-52(91)59(80-48(3)88)71(112-79)61(94)53(92)42-83/h37,39,50-57,59-77,83-87,90-92,94-101H,5-36,38,40-47H2,1-4H3,(H,80,88)(H,81,89)(H,82,93)(H,102,103)/b39-37+/t50-,51+,52?,53+,54?,55?,56?,57?,59+,60?,61+,62+,63-,64-,65+,66?,67?,68?,69+,70+,71?,72-,73-,74-,75+,76-,77-,79-/m0/s1. The maximum Gasteiger partial charge on any atom is 0.364 e. The van der Waals surface area contributed by atoms with Crippen LogP contribution >= 0.6 is 0 Å². The van der Waals surface area contributed by atoms with Gasteiger partial charge in [0.1, 0.15) is 116 Å². The van der Waals surface area contributed by atoms with Crippen molar-refractivity contribution >= 4 is 23.7 Å². The Morgan fingerprint density at radius 3 is 1.31 bits per heavy atom. The van der Waals surface area contributed by atoms with Crippen LogP contribution in [0.3, 0.4) is 0 Å². The minimum Gasteiger partial charge on any atom is -0.477 e. The topological polar surface area (TPSA) is 541 Å². The Labute approximate surface area is 665 Å². The summed E-state index contributed by atoms with van der Waals surface area (Å²) < 4.78 is 59.1. The number of ether oxygens (including phenoxy) is 10. The van der Waals surface area contributed by atoms with Crippen LogP contribution in [-0.4, -0.2) is 321 Å². The Bertz CT molecular complexity index is 2610. The third kappa shape index (κ3) is 32.6. The summed E-state index contributed by atoms with van der Waals surface area (Å²) in [6, 6.07) is -4.65. The number of rotatable bonds is 58. The lowest BCUT2D eigenvalue weighted by atomic mass is 9.88. The maximum atomic E-state index is 13.6. The average molecular weight is 1630 g/mol. The number of carbonyl (C=O) groups is 4. The van der Waals surface area contributed by atoms with E-state index in [0.29, 0.717) is 12.8 Å². The number of carboxylic acid groups (broad SMARTS) is 1. The molecule has 20 N–H and O–H groups in total. The molecule has 0 aromatic carbocycles. The molecule has 0 spiro atoms. The first-order valence-electron chi connectivity index (χ1n) is 42.1. The van der Waals surface area contributed by atoms with E-state index in [1.807, 2.05) is 6.08 Å². The lowest BCUT2D eigenvalue weighted by Crippen LogP contribution is -2.71. The van der Waals surface area contributed by atoms with E-state index < -0.39 is 235 Å². The molecule has 0 aromatic rings. The summed E-state index contributed by atoms with van der Waals surface area (Å²) in [6.45, 7) is 0.623. The van der Waals surface area contributed by atoms with E-state index in [9.17, 15) is 106 Å². The monoisotopic (exact) mass is 1630 g/mol. The summed E-state index contributed by atoms with van der Waals surface area (Å²) in [5.74, 6) is -7.39. The van der Waals surface area contributed by atoms with Crippen molar-refractivity contribution in [1.29, 1.82) is 0 Å². The Balaban J connectivity index is 1.24. The number of aliphatic hydroxyl groups excluding tert-OH is 16. The van der Waals surface area contributed by atoms with Gasteiger partial charge in [-0.25, -0.2) is 4.79 Å². The van der Waals surface area contributed by atoms with Crippen molar-refractivity contribution in [3.8, 4) is 0 Å². The van der Waals surface area contributed by atoms with E-state index in [1.54, 1.807) is 6.08 Å². The molecule has 660 valence electrons. The molecule has 0 aromatic heterocycles. The highest BCUT2D eigenvalue weighted by Gasteiger charge is 2.61. The summed E-state index contributed by atoms with van der Waals surface area (Å²) in [5.41, 5.74) is 0. The molecule has 34 nitrogen and oxygen atoms in total. The fraction of sp³-hybridized carbons (Fsp3) is 0.924. The van der Waals surface area contributed by atoms with E-state index in [4.69, 9.17) is 47.4 Å². The number of allylic oxidation sites excluding steroid dienone is 1. The van der Waals surface area contributed by atoms with Gasteiger partial charge < -0.3 is 150 Å². The van der Waals surface area contributed by atoms with E-state index in [2.05, 4.69) is 29.8 Å². The molecule has 5 rings (SSSR count). The Morgan fingerprint density at radius 1 is 0.460 bits per heavy atom. The average Bonchev–Trinajstić information content (AvgIpc) is 0.755. The van der Waals surface area contributed by atoms with Crippen LogP contribution in [0.15, 0.2) is 12.2 Å². The third-order valence-electron chi connectivity index (χ3n) is 22.1. The molecule has 5 saturated heterocycles. The van der Waals surface area contributed by atoms with Gasteiger partial charge in [-0.2, -0.15) is 0 Å². The van der Waals surface area contributed by atoms with Gasteiger partial charge in [0.2, 0.25) is 17.7 Å². The number of hydrogen-bond donors (Lipinski definition) is 20. The van der Waals surface area contributed by atoms with E-state index in [1.165, 1.54) is 148 Å². The number of aliphatic carboxylic acids is 1. The fourth-order valence-corrected chi connectivity index (χ4v) is 15.4. The lowest BCUT2D eigenvalue weighted by Gasteiger charge is -2.51. The number of carbonyl (C=O) groups excluding carboxylic acids is 3. The van der Waals surface area contributed by atoms with Crippen LogP contribution in [-0.2, 0) is 66.5 Å². The van der Waals surface area contributed by atoms with Gasteiger partial charge in [0.25, 0.3) is 5.79 Å². The second-order valence-corrected chi connectivity index (χ2v) is 31.4. The number of hydrogen-bond acceptors (Lipinski definition) is 30. The van der Waals surface area contributed by atoms with Crippen LogP contribution in [0.5, 0.6) is 0 Å². The summed E-state index contributed by atoms with van der Waals surface area (Å²) >= 11 is 0. The van der Waals surface area contributed by atoms with Crippen LogP contribution in [0, 0.1) is 0 Å². The predicted molar refractivity (Wildman–Crippen MR) is 406 cm³/mol. The minimum atomic E-state index is -3.22. The highest BCUT2D eigenvalue weighted by atomic mass is 16.8. The zero-order valence-electron chi connectivity index (χ0n) is 67.1. The molecule has 0 radical (unpaired) electrons. The van der Waals surface area contributed by atoms with Gasteiger partial charge in [0, 0.05) is 26.7 Å². The highest BCUT2D eigenvalue weighted by molar-refractivity contribution is 5.77. The SMILES string of the molecule is CCCCCCCCCCCCC/C=C/[C@@H](O)[C@H](CO[C@@H]1OC(CO)[C@@H](O[C@@H]2OC(CO)[C@H](O)[C@H](O[C@@H]3OC(CO)[C@@H](O)[C@H](O[C@@H]4OC(CO)[C@H](O)[C@H](O[C@]5(C(=O)O)CC(O)[C@@H](NC(C)=O)C([C@H](O)[C@H](O)CO)O5)C4O)C3NC(C)=O)C2O)[C@H](O)C1O)NC(=O)CCCCCCCCCCCCCCCCCCCCCCC. The minimum absolute atomic E-state index is 0.169. The lowest BCUT2D eigenvalue weighted by molar-refractivity contribution is -0.389. The van der Waals surface area contributed by atoms with E-state index in [-0.39, 0.29) is 12.3 Å². The van der Waals surface area contributed by atoms with E-state index in [0.717, 1.165) is 65.2 Å². The zero-order valence-corrected chi connectivity index (χ0v) is 67.1. The number of aliphatic hydroxyl groups is 16. The zero-order chi connectivity index (χ0) is 83.0. The second-order valence-electron chi connectivity index (χ2n) is 31.4. The predicted octanol–water partition coefficient (Wildman–Crippen LogP) is 1.30. The molecule has 3 amide bonds. The molecule has 0 aliphatic carbocycles. The van der Waals surface area contributed by atoms with Crippen molar-refractivity contribution in [1.82, 2.24) is 16.0 Å².